The van der Waals surface area contributed by atoms with E-state index in [9.17, 15) is 9.59 Å². The van der Waals surface area contributed by atoms with Crippen molar-refractivity contribution < 1.29 is 9.59 Å². The molecule has 0 aliphatic carbocycles. The van der Waals surface area contributed by atoms with Gasteiger partial charge in [-0.2, -0.15) is 0 Å². The second-order valence-corrected chi connectivity index (χ2v) is 7.38. The molecular weight excluding hydrogens is 312 g/mol. The van der Waals surface area contributed by atoms with Gasteiger partial charge >= 0.3 is 6.03 Å². The van der Waals surface area contributed by atoms with Crippen LogP contribution in [0.3, 0.4) is 0 Å². The van der Waals surface area contributed by atoms with E-state index in [2.05, 4.69) is 29.5 Å². The van der Waals surface area contributed by atoms with Gasteiger partial charge in [-0.05, 0) is 25.7 Å². The maximum absolute atomic E-state index is 12.4. The molecule has 2 heterocycles. The van der Waals surface area contributed by atoms with E-state index < -0.39 is 0 Å². The number of hydrogen-bond donors (Lipinski definition) is 2. The van der Waals surface area contributed by atoms with Crippen LogP contribution in [-0.4, -0.2) is 41.5 Å². The highest BCUT2D eigenvalue weighted by Gasteiger charge is 2.28. The van der Waals surface area contributed by atoms with Crippen molar-refractivity contribution in [2.75, 3.05) is 19.6 Å². The Morgan fingerprint density at radius 1 is 1.43 bits per heavy atom. The Labute approximate surface area is 141 Å². The van der Waals surface area contributed by atoms with Gasteiger partial charge in [-0.3, -0.25) is 4.79 Å². The minimum absolute atomic E-state index is 0.0270. The van der Waals surface area contributed by atoms with Crippen LogP contribution in [0.4, 0.5) is 4.79 Å². The van der Waals surface area contributed by atoms with Crippen molar-refractivity contribution in [3.63, 3.8) is 0 Å². The third-order valence-electron chi connectivity index (χ3n) is 4.01. The van der Waals surface area contributed by atoms with E-state index in [1.54, 1.807) is 21.7 Å². The van der Waals surface area contributed by atoms with Crippen molar-refractivity contribution in [2.24, 2.45) is 11.8 Å². The number of carbonyl (C=O) groups excluding carboxylic acids is 2. The van der Waals surface area contributed by atoms with Crippen molar-refractivity contribution in [2.45, 2.75) is 40.2 Å². The predicted molar refractivity (Wildman–Crippen MR) is 91.2 cm³/mol. The average Bonchev–Trinajstić information content (AvgIpc) is 2.95. The quantitative estimate of drug-likeness (QED) is 0.864. The van der Waals surface area contributed by atoms with Crippen molar-refractivity contribution in [3.8, 4) is 0 Å². The fraction of sp³-hybridized carbons (Fsp3) is 0.688. The molecule has 0 radical (unpaired) electrons. The van der Waals surface area contributed by atoms with Crippen LogP contribution in [0.25, 0.3) is 0 Å². The zero-order valence-corrected chi connectivity index (χ0v) is 14.9. The van der Waals surface area contributed by atoms with Gasteiger partial charge in [-0.25, -0.2) is 9.78 Å². The predicted octanol–water partition coefficient (Wildman–Crippen LogP) is 2.15. The van der Waals surface area contributed by atoms with Crippen LogP contribution in [0.2, 0.25) is 0 Å². The zero-order chi connectivity index (χ0) is 16.8. The minimum atomic E-state index is -0.123. The molecule has 3 amide bonds. The lowest BCUT2D eigenvalue weighted by atomic mass is 9.97. The highest BCUT2D eigenvalue weighted by Crippen LogP contribution is 2.18. The first-order chi connectivity index (χ1) is 11.0. The molecule has 7 heteroatoms. The summed E-state index contributed by atoms with van der Waals surface area (Å²) in [4.78, 5) is 31.5. The standard InChI is InChI=1S/C16H26N4O2S/c1-11(2)7-18-16(22)20-6-4-5-13(9-20)15(21)17-8-14-12(3)19-10-23-14/h10-11,13H,4-9H2,1-3H3,(H,17,21)(H,18,22). The number of urea groups is 1. The Morgan fingerprint density at radius 3 is 2.87 bits per heavy atom. The van der Waals surface area contributed by atoms with E-state index in [1.165, 1.54) is 0 Å². The molecule has 1 aromatic rings. The molecule has 1 atom stereocenters. The monoisotopic (exact) mass is 338 g/mol. The number of likely N-dealkylation sites (tertiary alicyclic amines) is 1. The number of nitrogens with zero attached hydrogens (tertiary/aromatic N) is 2. The summed E-state index contributed by atoms with van der Waals surface area (Å²) in [6.45, 7) is 8.48. The van der Waals surface area contributed by atoms with Gasteiger partial charge in [0, 0.05) is 24.5 Å². The number of piperidine rings is 1. The van der Waals surface area contributed by atoms with Gasteiger partial charge in [0.15, 0.2) is 0 Å². The highest BCUT2D eigenvalue weighted by atomic mass is 32.1. The molecule has 1 aromatic heterocycles. The maximum Gasteiger partial charge on any atom is 0.317 e. The van der Waals surface area contributed by atoms with Crippen molar-refractivity contribution >= 4 is 23.3 Å². The number of hydrogen-bond acceptors (Lipinski definition) is 4. The molecule has 0 spiro atoms. The maximum atomic E-state index is 12.4. The number of nitrogens with one attached hydrogen (secondary N) is 2. The summed E-state index contributed by atoms with van der Waals surface area (Å²) in [7, 11) is 0. The molecule has 23 heavy (non-hydrogen) atoms. The molecule has 6 nitrogen and oxygen atoms in total. The van der Waals surface area contributed by atoms with Gasteiger partial charge in [0.1, 0.15) is 0 Å². The number of aromatic nitrogens is 1. The van der Waals surface area contributed by atoms with Gasteiger partial charge in [-0.15, -0.1) is 11.3 Å². The lowest BCUT2D eigenvalue weighted by Crippen LogP contribution is -2.49. The molecule has 0 saturated carbocycles. The van der Waals surface area contributed by atoms with Gasteiger partial charge < -0.3 is 15.5 Å². The smallest absolute Gasteiger partial charge is 0.317 e. The molecule has 1 aliphatic heterocycles. The van der Waals surface area contributed by atoms with Gasteiger partial charge in [0.2, 0.25) is 5.91 Å². The fourth-order valence-electron chi connectivity index (χ4n) is 2.59. The van der Waals surface area contributed by atoms with Gasteiger partial charge in [0.25, 0.3) is 0 Å². The third kappa shape index (κ3) is 5.20. The molecule has 2 rings (SSSR count). The fourth-order valence-corrected chi connectivity index (χ4v) is 3.30. The molecule has 1 aliphatic rings. The SMILES string of the molecule is Cc1ncsc1CNC(=O)C1CCCN(C(=O)NCC(C)C)C1. The van der Waals surface area contributed by atoms with Crippen LogP contribution < -0.4 is 10.6 Å². The summed E-state index contributed by atoms with van der Waals surface area (Å²) in [6.07, 6.45) is 1.70. The number of amides is 3. The van der Waals surface area contributed by atoms with Crippen molar-refractivity contribution in [1.82, 2.24) is 20.5 Å². The van der Waals surface area contributed by atoms with Crippen LogP contribution >= 0.6 is 11.3 Å². The minimum Gasteiger partial charge on any atom is -0.351 e. The summed E-state index contributed by atoms with van der Waals surface area (Å²) in [6, 6.07) is -0.0606. The highest BCUT2D eigenvalue weighted by molar-refractivity contribution is 7.09. The number of thiazole rings is 1. The first kappa shape index (κ1) is 17.7. The van der Waals surface area contributed by atoms with Crippen molar-refractivity contribution in [1.29, 1.82) is 0 Å². The van der Waals surface area contributed by atoms with Crippen LogP contribution in [0.1, 0.15) is 37.3 Å². The second-order valence-electron chi connectivity index (χ2n) is 6.44. The Morgan fingerprint density at radius 2 is 2.22 bits per heavy atom. The summed E-state index contributed by atoms with van der Waals surface area (Å²) in [5.74, 6) is 0.325. The first-order valence-corrected chi connectivity index (χ1v) is 9.04. The van der Waals surface area contributed by atoms with E-state index in [0.717, 1.165) is 30.0 Å². The van der Waals surface area contributed by atoms with E-state index >= 15 is 0 Å². The Balaban J connectivity index is 1.81. The molecule has 0 bridgehead atoms. The van der Waals surface area contributed by atoms with E-state index in [-0.39, 0.29) is 17.9 Å². The Kier molecular flexibility index (Phi) is 6.38. The summed E-state index contributed by atoms with van der Waals surface area (Å²) in [5.41, 5.74) is 2.76. The summed E-state index contributed by atoms with van der Waals surface area (Å²) in [5, 5.41) is 5.90. The first-order valence-electron chi connectivity index (χ1n) is 8.16. The number of rotatable bonds is 5. The topological polar surface area (TPSA) is 74.3 Å². The van der Waals surface area contributed by atoms with Gasteiger partial charge in [0.05, 0.1) is 23.7 Å². The van der Waals surface area contributed by atoms with Crippen LogP contribution in [0.5, 0.6) is 0 Å². The third-order valence-corrected chi connectivity index (χ3v) is 4.94. The molecular formula is C16H26N4O2S. The molecule has 128 valence electrons. The Hall–Kier alpha value is -1.63. The van der Waals surface area contributed by atoms with E-state index in [4.69, 9.17) is 0 Å². The summed E-state index contributed by atoms with van der Waals surface area (Å²) < 4.78 is 0. The van der Waals surface area contributed by atoms with E-state index in [0.29, 0.717) is 25.6 Å². The molecule has 0 aromatic carbocycles. The Bertz CT molecular complexity index is 544. The summed E-state index contributed by atoms with van der Waals surface area (Å²) >= 11 is 1.55. The van der Waals surface area contributed by atoms with Crippen LogP contribution in [0.15, 0.2) is 5.51 Å². The molecule has 1 saturated heterocycles. The average molecular weight is 338 g/mol. The molecule has 2 N–H and O–H groups in total. The van der Waals surface area contributed by atoms with Crippen LogP contribution in [-0.2, 0) is 11.3 Å². The van der Waals surface area contributed by atoms with Crippen molar-refractivity contribution in [3.05, 3.63) is 16.1 Å². The normalized spacial score (nSPS) is 18.1. The molecule has 1 unspecified atom stereocenters. The number of carbonyl (C=O) groups is 2. The largest absolute Gasteiger partial charge is 0.351 e. The number of aryl methyl sites for hydroxylation is 1. The zero-order valence-electron chi connectivity index (χ0n) is 14.1. The van der Waals surface area contributed by atoms with Crippen LogP contribution in [0, 0.1) is 18.8 Å². The van der Waals surface area contributed by atoms with E-state index in [1.807, 2.05) is 6.92 Å². The lowest BCUT2D eigenvalue weighted by Gasteiger charge is -2.32. The lowest BCUT2D eigenvalue weighted by molar-refractivity contribution is -0.126. The molecule has 1 fully saturated rings. The van der Waals surface area contributed by atoms with Gasteiger partial charge in [-0.1, -0.05) is 13.8 Å². The second kappa shape index (κ2) is 8.29.